The number of hydrogen-bond donors (Lipinski definition) is 0. The Morgan fingerprint density at radius 3 is 2.39 bits per heavy atom. The fourth-order valence-electron chi connectivity index (χ4n) is 3.51. The smallest absolute Gasteiger partial charge is 0.317 e. The number of rotatable bonds is 4. The molecule has 0 aliphatic rings. The van der Waals surface area contributed by atoms with E-state index in [1.807, 2.05) is 30.3 Å². The van der Waals surface area contributed by atoms with Gasteiger partial charge in [-0.25, -0.2) is 0 Å². The van der Waals surface area contributed by atoms with Crippen LogP contribution >= 0.6 is 15.9 Å². The molecule has 5 heteroatoms. The van der Waals surface area contributed by atoms with Crippen molar-refractivity contribution in [2.75, 3.05) is 7.11 Å². The maximum atomic E-state index is 12.9. The number of fused-ring (bicyclic) bond motifs is 1. The summed E-state index contributed by atoms with van der Waals surface area (Å²) < 4.78 is 8.62. The molecule has 0 saturated heterocycles. The summed E-state index contributed by atoms with van der Waals surface area (Å²) in [7, 11) is -0.413. The summed E-state index contributed by atoms with van der Waals surface area (Å²) in [5.41, 5.74) is 3.12. The molecule has 3 rings (SSSR count). The highest BCUT2D eigenvalue weighted by atomic mass is 79.9. The van der Waals surface area contributed by atoms with Crippen LogP contribution in [0.2, 0.25) is 18.1 Å². The van der Waals surface area contributed by atoms with Crippen molar-refractivity contribution < 1.29 is 9.53 Å². The van der Waals surface area contributed by atoms with E-state index in [1.54, 1.807) is 0 Å². The number of esters is 1. The van der Waals surface area contributed by atoms with Gasteiger partial charge in [0.05, 0.1) is 7.11 Å². The summed E-state index contributed by atoms with van der Waals surface area (Å²) >= 11 is 3.54. The van der Waals surface area contributed by atoms with Crippen LogP contribution in [0.4, 0.5) is 0 Å². The Morgan fingerprint density at radius 1 is 1.11 bits per heavy atom. The number of halogens is 1. The van der Waals surface area contributed by atoms with Gasteiger partial charge in [0, 0.05) is 21.6 Å². The van der Waals surface area contributed by atoms with Crippen LogP contribution in [0.3, 0.4) is 0 Å². The minimum Gasteiger partial charge on any atom is -0.468 e. The number of methoxy groups -OCH3 is 1. The molecule has 0 N–H and O–H groups in total. The zero-order valence-corrected chi connectivity index (χ0v) is 20.0. The molecular weight excluding hydrogens is 430 g/mol. The second kappa shape index (κ2) is 7.52. The first-order valence-corrected chi connectivity index (χ1v) is 13.3. The molecule has 1 atom stereocenters. The first kappa shape index (κ1) is 20.9. The molecule has 1 aromatic heterocycles. The third kappa shape index (κ3) is 3.58. The average molecular weight is 458 g/mol. The molecule has 0 radical (unpaired) electrons. The molecule has 0 aliphatic heterocycles. The lowest BCUT2D eigenvalue weighted by Crippen LogP contribution is -2.44. The van der Waals surface area contributed by atoms with Crippen molar-refractivity contribution in [3.63, 3.8) is 0 Å². The molecular formula is C23H28BrNO2Si. The fourth-order valence-corrected chi connectivity index (χ4v) is 5.91. The number of carbonyl (C=O) groups is 1. The van der Waals surface area contributed by atoms with Gasteiger partial charge in [-0.3, -0.25) is 4.79 Å². The molecule has 3 aromatic rings. The number of carbonyl (C=O) groups excluding carboxylic acids is 1. The Kier molecular flexibility index (Phi) is 5.61. The van der Waals surface area contributed by atoms with Gasteiger partial charge in [0.2, 0.25) is 0 Å². The van der Waals surface area contributed by atoms with Crippen LogP contribution in [-0.2, 0) is 9.53 Å². The van der Waals surface area contributed by atoms with E-state index in [-0.39, 0.29) is 11.0 Å². The third-order valence-corrected chi connectivity index (χ3v) is 11.8. The molecule has 1 unspecified atom stereocenters. The first-order valence-electron chi connectivity index (χ1n) is 9.51. The third-order valence-electron chi connectivity index (χ3n) is 6.11. The fraction of sp³-hybridized carbons (Fsp3) is 0.348. The van der Waals surface area contributed by atoms with E-state index >= 15 is 0 Å². The van der Waals surface area contributed by atoms with Gasteiger partial charge in [0.1, 0.15) is 5.92 Å². The van der Waals surface area contributed by atoms with Crippen molar-refractivity contribution in [3.8, 4) is 0 Å². The molecule has 0 fully saturated rings. The van der Waals surface area contributed by atoms with Crippen molar-refractivity contribution in [1.29, 1.82) is 0 Å². The van der Waals surface area contributed by atoms with E-state index in [9.17, 15) is 4.79 Å². The van der Waals surface area contributed by atoms with Gasteiger partial charge in [-0.1, -0.05) is 80.1 Å². The molecule has 148 valence electrons. The second-order valence-electron chi connectivity index (χ2n) is 8.79. The van der Waals surface area contributed by atoms with E-state index < -0.39 is 14.2 Å². The molecule has 0 spiro atoms. The number of nitrogens with zero attached hydrogens (tertiary/aromatic N) is 1. The van der Waals surface area contributed by atoms with Gasteiger partial charge in [0.15, 0.2) is 8.24 Å². The van der Waals surface area contributed by atoms with Crippen molar-refractivity contribution in [3.05, 3.63) is 70.3 Å². The van der Waals surface area contributed by atoms with Crippen LogP contribution in [0.15, 0.2) is 59.2 Å². The van der Waals surface area contributed by atoms with Crippen molar-refractivity contribution >= 4 is 41.0 Å². The molecule has 2 aromatic carbocycles. The topological polar surface area (TPSA) is 31.2 Å². The Hall–Kier alpha value is -1.85. The zero-order chi connectivity index (χ0) is 20.7. The maximum absolute atomic E-state index is 12.9. The van der Waals surface area contributed by atoms with Crippen LogP contribution in [0.5, 0.6) is 0 Å². The average Bonchev–Trinajstić information content (AvgIpc) is 3.01. The van der Waals surface area contributed by atoms with Crippen LogP contribution in [-0.4, -0.2) is 25.5 Å². The summed E-state index contributed by atoms with van der Waals surface area (Å²) in [6, 6.07) is 16.3. The van der Waals surface area contributed by atoms with Gasteiger partial charge in [0.25, 0.3) is 0 Å². The van der Waals surface area contributed by atoms with Gasteiger partial charge in [-0.2, -0.15) is 0 Å². The normalized spacial score (nSPS) is 13.5. The largest absolute Gasteiger partial charge is 0.468 e. The van der Waals surface area contributed by atoms with Crippen molar-refractivity contribution in [1.82, 2.24) is 4.23 Å². The monoisotopic (exact) mass is 457 g/mol. The minimum absolute atomic E-state index is 0.169. The number of aromatic nitrogens is 1. The van der Waals surface area contributed by atoms with Crippen molar-refractivity contribution in [2.45, 2.75) is 44.8 Å². The Labute approximate surface area is 176 Å². The molecule has 0 aliphatic carbocycles. The lowest BCUT2D eigenvalue weighted by molar-refractivity contribution is -0.141. The van der Waals surface area contributed by atoms with E-state index in [4.69, 9.17) is 4.74 Å². The van der Waals surface area contributed by atoms with Crippen molar-refractivity contribution in [2.24, 2.45) is 0 Å². The van der Waals surface area contributed by atoms with E-state index in [1.165, 1.54) is 12.6 Å². The van der Waals surface area contributed by atoms with Crippen LogP contribution < -0.4 is 0 Å². The Balaban J connectivity index is 2.31. The number of para-hydroxylation sites is 1. The van der Waals surface area contributed by atoms with Crippen LogP contribution in [0.25, 0.3) is 10.9 Å². The Bertz CT molecular complexity index is 1020. The van der Waals surface area contributed by atoms with Gasteiger partial charge >= 0.3 is 5.97 Å². The highest BCUT2D eigenvalue weighted by Crippen LogP contribution is 2.42. The van der Waals surface area contributed by atoms with E-state index in [0.29, 0.717) is 0 Å². The zero-order valence-electron chi connectivity index (χ0n) is 17.4. The minimum atomic E-state index is -1.87. The molecule has 28 heavy (non-hydrogen) atoms. The summed E-state index contributed by atoms with van der Waals surface area (Å²) in [4.78, 5) is 12.9. The summed E-state index contributed by atoms with van der Waals surface area (Å²) in [5.74, 6) is -0.699. The van der Waals surface area contributed by atoms with Gasteiger partial charge in [-0.15, -0.1) is 0 Å². The molecule has 0 saturated carbocycles. The predicted octanol–water partition coefficient (Wildman–Crippen LogP) is 6.56. The highest BCUT2D eigenvalue weighted by Gasteiger charge is 2.39. The van der Waals surface area contributed by atoms with E-state index in [0.717, 1.165) is 21.0 Å². The molecule has 0 amide bonds. The molecule has 0 bridgehead atoms. The summed E-state index contributed by atoms with van der Waals surface area (Å²) in [6.45, 7) is 11.7. The summed E-state index contributed by atoms with van der Waals surface area (Å²) in [6.07, 6.45) is 2.20. The van der Waals surface area contributed by atoms with Gasteiger partial charge < -0.3 is 8.97 Å². The number of hydrogen-bond acceptors (Lipinski definition) is 2. The standard InChI is InChI=1S/C23H28BrNO2Si/c1-23(2,3)28(5,6)25-15-19(18-12-7-8-13-20(18)25)21(22(26)27-4)16-10-9-11-17(24)14-16/h7-15,21H,1-6H3. The van der Waals surface area contributed by atoms with E-state index in [2.05, 4.69) is 78.4 Å². The highest BCUT2D eigenvalue weighted by molar-refractivity contribution is 9.10. The van der Waals surface area contributed by atoms with Crippen LogP contribution in [0.1, 0.15) is 37.8 Å². The lowest BCUT2D eigenvalue weighted by atomic mass is 9.91. The first-order chi connectivity index (χ1) is 13.1. The lowest BCUT2D eigenvalue weighted by Gasteiger charge is -2.38. The van der Waals surface area contributed by atoms with Crippen LogP contribution in [0, 0.1) is 0 Å². The molecule has 3 nitrogen and oxygen atoms in total. The number of ether oxygens (including phenoxy) is 1. The quantitative estimate of drug-likeness (QED) is 0.327. The number of benzene rings is 2. The molecule has 1 heterocycles. The summed E-state index contributed by atoms with van der Waals surface area (Å²) in [5, 5.41) is 1.28. The SMILES string of the molecule is COC(=O)C(c1cccc(Br)c1)c1cn([Si](C)(C)C(C)(C)C)c2ccccc12. The Morgan fingerprint density at radius 2 is 1.79 bits per heavy atom. The predicted molar refractivity (Wildman–Crippen MR) is 123 cm³/mol. The second-order valence-corrected chi connectivity index (χ2v) is 14.8. The maximum Gasteiger partial charge on any atom is 0.317 e. The van der Waals surface area contributed by atoms with Gasteiger partial charge in [-0.05, 0) is 34.4 Å².